The molecule has 11 heteroatoms. The highest BCUT2D eigenvalue weighted by molar-refractivity contribution is 8.00. The Hall–Kier alpha value is -5.06. The summed E-state index contributed by atoms with van der Waals surface area (Å²) in [5.41, 5.74) is 1.75. The molecule has 0 bridgehead atoms. The molecule has 4 rings (SSSR count). The second kappa shape index (κ2) is 15.4. The van der Waals surface area contributed by atoms with Crippen molar-refractivity contribution in [2.75, 3.05) is 23.0 Å². The molecular formula is C33H28ClN3O6S. The lowest BCUT2D eigenvalue weighted by atomic mass is 10.1. The number of anilines is 2. The Morgan fingerprint density at radius 3 is 2.30 bits per heavy atom. The zero-order valence-electron chi connectivity index (χ0n) is 23.5. The summed E-state index contributed by atoms with van der Waals surface area (Å²) >= 11 is 7.12. The van der Waals surface area contributed by atoms with E-state index >= 15 is 0 Å². The van der Waals surface area contributed by atoms with Crippen molar-refractivity contribution in [3.63, 3.8) is 0 Å². The van der Waals surface area contributed by atoms with Gasteiger partial charge in [0.1, 0.15) is 11.4 Å². The monoisotopic (exact) mass is 629 g/mol. The number of hydrogen-bond donors (Lipinski definition) is 4. The van der Waals surface area contributed by atoms with Crippen LogP contribution in [-0.2, 0) is 9.59 Å². The quantitative estimate of drug-likeness (QED) is 0.103. The number of halogens is 1. The third-order valence-electron chi connectivity index (χ3n) is 5.97. The molecule has 9 nitrogen and oxygen atoms in total. The van der Waals surface area contributed by atoms with Crippen molar-refractivity contribution >= 4 is 64.5 Å². The topological polar surface area (TPSA) is 134 Å². The van der Waals surface area contributed by atoms with Crippen molar-refractivity contribution in [1.29, 1.82) is 0 Å². The first-order valence-electron chi connectivity index (χ1n) is 13.4. The van der Waals surface area contributed by atoms with Gasteiger partial charge >= 0.3 is 5.97 Å². The van der Waals surface area contributed by atoms with E-state index in [-0.39, 0.29) is 27.9 Å². The van der Waals surface area contributed by atoms with Gasteiger partial charge in [-0.05, 0) is 79.2 Å². The van der Waals surface area contributed by atoms with E-state index < -0.39 is 17.8 Å². The molecule has 0 heterocycles. The van der Waals surface area contributed by atoms with E-state index in [4.69, 9.17) is 16.3 Å². The van der Waals surface area contributed by atoms with E-state index in [9.17, 15) is 24.3 Å². The first kappa shape index (κ1) is 31.9. The number of carbonyl (C=O) groups is 4. The zero-order chi connectivity index (χ0) is 31.5. The van der Waals surface area contributed by atoms with Crippen molar-refractivity contribution in [1.82, 2.24) is 5.32 Å². The molecule has 224 valence electrons. The third kappa shape index (κ3) is 9.22. The zero-order valence-corrected chi connectivity index (χ0v) is 25.1. The van der Waals surface area contributed by atoms with Gasteiger partial charge in [-0.15, -0.1) is 11.8 Å². The fourth-order valence-electron chi connectivity index (χ4n) is 3.91. The Bertz CT molecular complexity index is 1690. The van der Waals surface area contributed by atoms with Gasteiger partial charge in [-0.2, -0.15) is 0 Å². The van der Waals surface area contributed by atoms with Crippen LogP contribution in [0.5, 0.6) is 5.75 Å². The van der Waals surface area contributed by atoms with E-state index in [1.54, 1.807) is 84.9 Å². The SMILES string of the molecule is CCOc1ccc(/C=C(/NC(=O)c2ccccc2)C(=O)Nc2cccc(SCC(=O)Nc3ccc(Cl)c(C(=O)O)c3)c2)cc1. The van der Waals surface area contributed by atoms with Gasteiger partial charge in [-0.1, -0.05) is 48.0 Å². The van der Waals surface area contributed by atoms with Gasteiger partial charge in [-0.3, -0.25) is 14.4 Å². The lowest BCUT2D eigenvalue weighted by molar-refractivity contribution is -0.114. The van der Waals surface area contributed by atoms with E-state index in [0.717, 1.165) is 0 Å². The molecule has 0 unspecified atom stereocenters. The van der Waals surface area contributed by atoms with Crippen molar-refractivity contribution < 1.29 is 29.0 Å². The van der Waals surface area contributed by atoms with E-state index in [1.807, 2.05) is 6.92 Å². The largest absolute Gasteiger partial charge is 0.494 e. The lowest BCUT2D eigenvalue weighted by Gasteiger charge is -2.12. The summed E-state index contributed by atoms with van der Waals surface area (Å²) in [6, 6.07) is 26.8. The van der Waals surface area contributed by atoms with E-state index in [2.05, 4.69) is 16.0 Å². The Kier molecular flexibility index (Phi) is 11.2. The van der Waals surface area contributed by atoms with Crippen LogP contribution in [0.3, 0.4) is 0 Å². The number of amides is 3. The fraction of sp³-hybridized carbons (Fsp3) is 0.0909. The first-order valence-corrected chi connectivity index (χ1v) is 14.8. The maximum absolute atomic E-state index is 13.4. The number of benzene rings is 4. The number of aromatic carboxylic acids is 1. The lowest BCUT2D eigenvalue weighted by Crippen LogP contribution is -2.30. The van der Waals surface area contributed by atoms with Crippen LogP contribution in [-0.4, -0.2) is 41.2 Å². The van der Waals surface area contributed by atoms with Gasteiger partial charge < -0.3 is 25.8 Å². The van der Waals surface area contributed by atoms with E-state index in [0.29, 0.717) is 39.8 Å². The molecule has 0 spiro atoms. The minimum atomic E-state index is -1.20. The van der Waals surface area contributed by atoms with Gasteiger partial charge in [0.05, 0.1) is 22.9 Å². The second-order valence-corrected chi connectivity index (χ2v) is 10.7. The van der Waals surface area contributed by atoms with Crippen LogP contribution in [0.15, 0.2) is 108 Å². The molecule has 0 aliphatic rings. The molecule has 0 aromatic heterocycles. The van der Waals surface area contributed by atoms with Crippen LogP contribution in [0.25, 0.3) is 6.08 Å². The predicted molar refractivity (Wildman–Crippen MR) is 172 cm³/mol. The summed E-state index contributed by atoms with van der Waals surface area (Å²) in [7, 11) is 0. The van der Waals surface area contributed by atoms with Crippen LogP contribution in [0.4, 0.5) is 11.4 Å². The van der Waals surface area contributed by atoms with Crippen LogP contribution in [0, 0.1) is 0 Å². The van der Waals surface area contributed by atoms with Crippen molar-refractivity contribution in [3.05, 3.63) is 124 Å². The highest BCUT2D eigenvalue weighted by Crippen LogP contribution is 2.24. The Labute approximate surface area is 263 Å². The highest BCUT2D eigenvalue weighted by atomic mass is 35.5. The molecule has 0 saturated carbocycles. The minimum Gasteiger partial charge on any atom is -0.494 e. The number of nitrogens with one attached hydrogen (secondary N) is 3. The molecule has 0 atom stereocenters. The minimum absolute atomic E-state index is 0.0262. The molecule has 0 aliphatic carbocycles. The maximum Gasteiger partial charge on any atom is 0.337 e. The van der Waals surface area contributed by atoms with Gasteiger partial charge in [-0.25, -0.2) is 4.79 Å². The van der Waals surface area contributed by atoms with E-state index in [1.165, 1.54) is 30.0 Å². The molecule has 4 N–H and O–H groups in total. The summed E-state index contributed by atoms with van der Waals surface area (Å²) in [6.07, 6.45) is 1.57. The van der Waals surface area contributed by atoms with Gasteiger partial charge in [0.25, 0.3) is 11.8 Å². The number of carboxylic acids is 1. The molecule has 44 heavy (non-hydrogen) atoms. The first-order chi connectivity index (χ1) is 21.2. The number of hydrogen-bond acceptors (Lipinski definition) is 6. The molecular weight excluding hydrogens is 602 g/mol. The maximum atomic E-state index is 13.4. The van der Waals surface area contributed by atoms with Crippen LogP contribution in [0.2, 0.25) is 5.02 Å². The fourth-order valence-corrected chi connectivity index (χ4v) is 4.86. The standard InChI is InChI=1S/C33H28ClN3O6S/c1-2-43-25-14-11-21(12-15-25)17-29(37-31(39)22-7-4-3-5-8-22)32(40)36-23-9-6-10-26(18-23)44-20-30(38)35-24-13-16-28(34)27(19-24)33(41)42/h3-19H,2,20H2,1H3,(H,35,38)(H,36,40)(H,37,39)(H,41,42)/b29-17+. The van der Waals surface area contributed by atoms with Gasteiger partial charge in [0.2, 0.25) is 5.91 Å². The van der Waals surface area contributed by atoms with Crippen LogP contribution < -0.4 is 20.7 Å². The van der Waals surface area contributed by atoms with Crippen molar-refractivity contribution in [2.24, 2.45) is 0 Å². The molecule has 0 aliphatic heterocycles. The smallest absolute Gasteiger partial charge is 0.337 e. The number of ether oxygens (including phenoxy) is 1. The average molecular weight is 630 g/mol. The summed E-state index contributed by atoms with van der Waals surface area (Å²) in [6.45, 7) is 2.41. The Morgan fingerprint density at radius 2 is 1.59 bits per heavy atom. The van der Waals surface area contributed by atoms with Crippen molar-refractivity contribution in [2.45, 2.75) is 11.8 Å². The number of carbonyl (C=O) groups excluding carboxylic acids is 3. The summed E-state index contributed by atoms with van der Waals surface area (Å²) < 4.78 is 5.48. The molecule has 0 radical (unpaired) electrons. The average Bonchev–Trinajstić information content (AvgIpc) is 3.02. The molecule has 3 amide bonds. The molecule has 4 aromatic carbocycles. The predicted octanol–water partition coefficient (Wildman–Crippen LogP) is 6.58. The van der Waals surface area contributed by atoms with Gasteiger partial charge in [0.15, 0.2) is 0 Å². The van der Waals surface area contributed by atoms with Crippen LogP contribution in [0.1, 0.15) is 33.2 Å². The van der Waals surface area contributed by atoms with Crippen LogP contribution >= 0.6 is 23.4 Å². The third-order valence-corrected chi connectivity index (χ3v) is 7.30. The molecule has 4 aromatic rings. The molecule has 0 saturated heterocycles. The normalized spacial score (nSPS) is 10.9. The number of thioether (sulfide) groups is 1. The number of rotatable bonds is 12. The molecule has 0 fully saturated rings. The highest BCUT2D eigenvalue weighted by Gasteiger charge is 2.16. The summed E-state index contributed by atoms with van der Waals surface area (Å²) in [5, 5.41) is 17.5. The summed E-state index contributed by atoms with van der Waals surface area (Å²) in [5.74, 6) is -1.82. The second-order valence-electron chi connectivity index (χ2n) is 9.20. The van der Waals surface area contributed by atoms with Gasteiger partial charge in [0, 0.05) is 21.8 Å². The Morgan fingerprint density at radius 1 is 0.864 bits per heavy atom. The Balaban J connectivity index is 1.45. The summed E-state index contributed by atoms with van der Waals surface area (Å²) in [4.78, 5) is 50.8. The number of carboxylic acid groups (broad SMARTS) is 1. The van der Waals surface area contributed by atoms with Crippen molar-refractivity contribution in [3.8, 4) is 5.75 Å².